The Kier molecular flexibility index (Phi) is 6.48. The molecule has 0 atom stereocenters. The molecular formula is C18H26N2O6S. The third-order valence-corrected chi connectivity index (χ3v) is 6.87. The minimum absolute atomic E-state index is 0.0168. The van der Waals surface area contributed by atoms with Gasteiger partial charge in [0.2, 0.25) is 10.0 Å². The standard InChI is InChI=1S/C18H26N2O6S/c1-20(2)27(24,25)15-11-13(7-8-14(15)26-3)16(21)19-12-18(17(22)23)9-5-4-6-10-18/h7-8,11H,4-6,9-10,12H2,1-3H3,(H,19,21)(H,22,23). The summed E-state index contributed by atoms with van der Waals surface area (Å²) in [6.07, 6.45) is 3.66. The molecule has 1 saturated carbocycles. The minimum atomic E-state index is -3.80. The molecule has 1 amide bonds. The van der Waals surface area contributed by atoms with Crippen molar-refractivity contribution in [3.63, 3.8) is 0 Å². The number of hydrogen-bond donors (Lipinski definition) is 2. The van der Waals surface area contributed by atoms with E-state index in [1.54, 1.807) is 0 Å². The number of carbonyl (C=O) groups is 2. The highest BCUT2D eigenvalue weighted by molar-refractivity contribution is 7.89. The Morgan fingerprint density at radius 1 is 1.22 bits per heavy atom. The van der Waals surface area contributed by atoms with Crippen molar-refractivity contribution in [2.75, 3.05) is 27.7 Å². The topological polar surface area (TPSA) is 113 Å². The highest BCUT2D eigenvalue weighted by Crippen LogP contribution is 2.36. The molecule has 150 valence electrons. The van der Waals surface area contributed by atoms with Crippen LogP contribution in [0, 0.1) is 5.41 Å². The van der Waals surface area contributed by atoms with E-state index in [0.717, 1.165) is 23.6 Å². The van der Waals surface area contributed by atoms with Gasteiger partial charge in [-0.1, -0.05) is 19.3 Å². The van der Waals surface area contributed by atoms with Crippen molar-refractivity contribution in [2.45, 2.75) is 37.0 Å². The fourth-order valence-corrected chi connectivity index (χ4v) is 4.34. The molecule has 8 nitrogen and oxygen atoms in total. The van der Waals surface area contributed by atoms with Crippen molar-refractivity contribution in [1.29, 1.82) is 0 Å². The van der Waals surface area contributed by atoms with Crippen molar-refractivity contribution in [1.82, 2.24) is 9.62 Å². The van der Waals surface area contributed by atoms with Crippen LogP contribution < -0.4 is 10.1 Å². The number of carboxylic acids is 1. The molecule has 0 bridgehead atoms. The van der Waals surface area contributed by atoms with E-state index >= 15 is 0 Å². The van der Waals surface area contributed by atoms with Crippen LogP contribution in [0.15, 0.2) is 23.1 Å². The van der Waals surface area contributed by atoms with Crippen molar-refractivity contribution in [3.05, 3.63) is 23.8 Å². The summed E-state index contributed by atoms with van der Waals surface area (Å²) in [5, 5.41) is 12.3. The Morgan fingerprint density at radius 3 is 2.37 bits per heavy atom. The van der Waals surface area contributed by atoms with Crippen LogP contribution in [0.2, 0.25) is 0 Å². The number of nitrogens with zero attached hydrogens (tertiary/aromatic N) is 1. The lowest BCUT2D eigenvalue weighted by atomic mass is 9.74. The zero-order chi connectivity index (χ0) is 20.2. The van der Waals surface area contributed by atoms with E-state index in [0.29, 0.717) is 12.8 Å². The molecule has 0 spiro atoms. The summed E-state index contributed by atoms with van der Waals surface area (Å²) in [6.45, 7) is 0.0168. The predicted octanol–water partition coefficient (Wildman–Crippen LogP) is 1.71. The predicted molar refractivity (Wildman–Crippen MR) is 99.4 cm³/mol. The van der Waals surface area contributed by atoms with Crippen LogP contribution in [-0.2, 0) is 14.8 Å². The second kappa shape index (κ2) is 8.26. The van der Waals surface area contributed by atoms with Crippen LogP contribution in [0.4, 0.5) is 0 Å². The Hall–Kier alpha value is -2.13. The number of methoxy groups -OCH3 is 1. The average molecular weight is 398 g/mol. The number of nitrogens with one attached hydrogen (secondary N) is 1. The van der Waals surface area contributed by atoms with Gasteiger partial charge in [-0.25, -0.2) is 12.7 Å². The molecule has 9 heteroatoms. The molecular weight excluding hydrogens is 372 g/mol. The molecule has 0 aliphatic heterocycles. The van der Waals surface area contributed by atoms with Crippen LogP contribution in [0.3, 0.4) is 0 Å². The van der Waals surface area contributed by atoms with E-state index in [4.69, 9.17) is 4.74 Å². The maximum Gasteiger partial charge on any atom is 0.311 e. The molecule has 1 aliphatic rings. The lowest BCUT2D eigenvalue weighted by Gasteiger charge is -2.33. The average Bonchev–Trinajstić information content (AvgIpc) is 2.66. The molecule has 2 N–H and O–H groups in total. The second-order valence-corrected chi connectivity index (χ2v) is 9.10. The van der Waals surface area contributed by atoms with Gasteiger partial charge in [0.15, 0.2) is 0 Å². The quantitative estimate of drug-likeness (QED) is 0.723. The number of rotatable bonds is 7. The van der Waals surface area contributed by atoms with Crippen molar-refractivity contribution < 1.29 is 27.9 Å². The highest BCUT2D eigenvalue weighted by Gasteiger charge is 2.39. The Bertz CT molecular complexity index is 813. The van der Waals surface area contributed by atoms with Crippen LogP contribution in [0.5, 0.6) is 5.75 Å². The van der Waals surface area contributed by atoms with E-state index in [9.17, 15) is 23.1 Å². The summed E-state index contributed by atoms with van der Waals surface area (Å²) < 4.78 is 31.1. The van der Waals surface area contributed by atoms with Crippen LogP contribution in [0.1, 0.15) is 42.5 Å². The molecule has 0 heterocycles. The third-order valence-electron chi connectivity index (χ3n) is 5.04. The molecule has 2 rings (SSSR count). The van der Waals surface area contributed by atoms with Gasteiger partial charge in [0.1, 0.15) is 10.6 Å². The lowest BCUT2D eigenvalue weighted by molar-refractivity contribution is -0.150. The second-order valence-electron chi connectivity index (χ2n) is 6.98. The number of carbonyl (C=O) groups excluding carboxylic acids is 1. The van der Waals surface area contributed by atoms with Gasteiger partial charge in [0.25, 0.3) is 5.91 Å². The summed E-state index contributed by atoms with van der Waals surface area (Å²) in [7, 11) is 0.328. The fraction of sp³-hybridized carbons (Fsp3) is 0.556. The first-order valence-corrected chi connectivity index (χ1v) is 10.2. The van der Waals surface area contributed by atoms with E-state index in [1.165, 1.54) is 39.4 Å². The summed E-state index contributed by atoms with van der Waals surface area (Å²) in [5.41, 5.74) is -0.827. The molecule has 0 unspecified atom stereocenters. The number of sulfonamides is 1. The monoisotopic (exact) mass is 398 g/mol. The highest BCUT2D eigenvalue weighted by atomic mass is 32.2. The maximum absolute atomic E-state index is 12.5. The van der Waals surface area contributed by atoms with Gasteiger partial charge in [0.05, 0.1) is 12.5 Å². The van der Waals surface area contributed by atoms with Gasteiger partial charge < -0.3 is 15.2 Å². The van der Waals surface area contributed by atoms with Crippen molar-refractivity contribution >= 4 is 21.9 Å². The van der Waals surface area contributed by atoms with Crippen LogP contribution in [0.25, 0.3) is 0 Å². The molecule has 0 aromatic heterocycles. The zero-order valence-corrected chi connectivity index (χ0v) is 16.6. The smallest absolute Gasteiger partial charge is 0.311 e. The van der Waals surface area contributed by atoms with Gasteiger partial charge in [0, 0.05) is 26.2 Å². The maximum atomic E-state index is 12.5. The number of ether oxygens (including phenoxy) is 1. The molecule has 0 saturated heterocycles. The Balaban J connectivity index is 2.25. The molecule has 0 radical (unpaired) electrons. The van der Waals surface area contributed by atoms with Gasteiger partial charge in [-0.2, -0.15) is 0 Å². The SMILES string of the molecule is COc1ccc(C(=O)NCC2(C(=O)O)CCCCC2)cc1S(=O)(=O)N(C)C. The molecule has 1 fully saturated rings. The fourth-order valence-electron chi connectivity index (χ4n) is 3.26. The number of aliphatic carboxylic acids is 1. The van der Waals surface area contributed by atoms with Crippen LogP contribution >= 0.6 is 0 Å². The number of benzene rings is 1. The Morgan fingerprint density at radius 2 is 1.85 bits per heavy atom. The first-order valence-electron chi connectivity index (χ1n) is 8.76. The van der Waals surface area contributed by atoms with Crippen LogP contribution in [-0.4, -0.2) is 57.5 Å². The molecule has 1 aromatic carbocycles. The zero-order valence-electron chi connectivity index (χ0n) is 15.8. The van der Waals surface area contributed by atoms with E-state index in [1.807, 2.05) is 0 Å². The number of hydrogen-bond acceptors (Lipinski definition) is 5. The number of amides is 1. The van der Waals surface area contributed by atoms with Crippen molar-refractivity contribution in [2.24, 2.45) is 5.41 Å². The molecule has 1 aliphatic carbocycles. The Labute approximate surface area is 159 Å². The summed E-state index contributed by atoms with van der Waals surface area (Å²) >= 11 is 0. The first kappa shape index (κ1) is 21.2. The van der Waals surface area contributed by atoms with Gasteiger partial charge in [-0.15, -0.1) is 0 Å². The lowest BCUT2D eigenvalue weighted by Crippen LogP contribution is -2.44. The van der Waals surface area contributed by atoms with Gasteiger partial charge in [-0.3, -0.25) is 9.59 Å². The molecule has 27 heavy (non-hydrogen) atoms. The minimum Gasteiger partial charge on any atom is -0.495 e. The molecule has 1 aromatic rings. The summed E-state index contributed by atoms with van der Waals surface area (Å²) in [5.74, 6) is -1.29. The summed E-state index contributed by atoms with van der Waals surface area (Å²) in [4.78, 5) is 24.1. The van der Waals surface area contributed by atoms with E-state index < -0.39 is 27.3 Å². The normalized spacial score (nSPS) is 16.7. The summed E-state index contributed by atoms with van der Waals surface area (Å²) in [6, 6.07) is 4.12. The van der Waals surface area contributed by atoms with E-state index in [-0.39, 0.29) is 22.8 Å². The first-order chi connectivity index (χ1) is 12.6. The third kappa shape index (κ3) is 4.41. The number of carboxylic acid groups (broad SMARTS) is 1. The largest absolute Gasteiger partial charge is 0.495 e. The van der Waals surface area contributed by atoms with Crippen molar-refractivity contribution in [3.8, 4) is 5.75 Å². The van der Waals surface area contributed by atoms with Gasteiger partial charge >= 0.3 is 5.97 Å². The van der Waals surface area contributed by atoms with E-state index in [2.05, 4.69) is 5.32 Å². The van der Waals surface area contributed by atoms with Gasteiger partial charge in [-0.05, 0) is 31.0 Å².